The molecule has 0 saturated heterocycles. The first-order valence-corrected chi connectivity index (χ1v) is 9.93. The molecule has 0 aliphatic heterocycles. The van der Waals surface area contributed by atoms with Crippen LogP contribution in [-0.4, -0.2) is 45.8 Å². The molecule has 0 bridgehead atoms. The van der Waals surface area contributed by atoms with E-state index in [1.54, 1.807) is 43.0 Å². The van der Waals surface area contributed by atoms with E-state index in [9.17, 15) is 9.59 Å². The summed E-state index contributed by atoms with van der Waals surface area (Å²) in [6.07, 6.45) is 11.1. The number of anilines is 1. The first-order chi connectivity index (χ1) is 15.5. The van der Waals surface area contributed by atoms with Gasteiger partial charge in [-0.2, -0.15) is 5.10 Å². The molecule has 32 heavy (non-hydrogen) atoms. The topological polar surface area (TPSA) is 120 Å². The Morgan fingerprint density at radius 2 is 1.94 bits per heavy atom. The number of carbonyl (C=O) groups is 2. The molecule has 5 heterocycles. The van der Waals surface area contributed by atoms with Gasteiger partial charge >= 0.3 is 0 Å². The highest BCUT2D eigenvalue weighted by atomic mass is 16.2. The Labute approximate surface area is 182 Å². The highest BCUT2D eigenvalue weighted by Crippen LogP contribution is 2.25. The highest BCUT2D eigenvalue weighted by Gasteiger charge is 2.20. The number of amides is 1. The van der Waals surface area contributed by atoms with E-state index in [2.05, 4.69) is 30.4 Å². The number of aromatic nitrogens is 7. The third-order valence-electron chi connectivity index (χ3n) is 5.02. The Balaban J connectivity index is 1.44. The minimum atomic E-state index is -0.424. The summed E-state index contributed by atoms with van der Waals surface area (Å²) in [4.78, 5) is 42.6. The second-order valence-electron chi connectivity index (χ2n) is 7.50. The van der Waals surface area contributed by atoms with Gasteiger partial charge in [0.2, 0.25) is 0 Å². The second-order valence-corrected chi connectivity index (χ2v) is 7.50. The van der Waals surface area contributed by atoms with Crippen molar-refractivity contribution in [2.75, 3.05) is 5.32 Å². The van der Waals surface area contributed by atoms with E-state index in [1.807, 2.05) is 18.4 Å². The molecule has 0 saturated carbocycles. The van der Waals surface area contributed by atoms with Gasteiger partial charge in [-0.25, -0.2) is 19.5 Å². The Kier molecular flexibility index (Phi) is 4.66. The number of pyridine rings is 1. The Morgan fingerprint density at radius 3 is 2.75 bits per heavy atom. The van der Waals surface area contributed by atoms with Crippen molar-refractivity contribution in [1.82, 2.24) is 34.1 Å². The van der Waals surface area contributed by atoms with Gasteiger partial charge in [0.15, 0.2) is 17.1 Å². The molecule has 0 unspecified atom stereocenters. The first kappa shape index (κ1) is 19.5. The first-order valence-electron chi connectivity index (χ1n) is 9.93. The highest BCUT2D eigenvalue weighted by molar-refractivity contribution is 6.16. The van der Waals surface area contributed by atoms with E-state index in [0.717, 1.165) is 0 Å². The van der Waals surface area contributed by atoms with Crippen LogP contribution in [-0.2, 0) is 0 Å². The summed E-state index contributed by atoms with van der Waals surface area (Å²) in [5.41, 5.74) is 2.66. The summed E-state index contributed by atoms with van der Waals surface area (Å²) < 4.78 is 3.44. The third kappa shape index (κ3) is 3.37. The minimum absolute atomic E-state index is 0.123. The zero-order chi connectivity index (χ0) is 22.2. The fourth-order valence-electron chi connectivity index (χ4n) is 3.49. The van der Waals surface area contributed by atoms with Crippen LogP contribution in [0.3, 0.4) is 0 Å². The van der Waals surface area contributed by atoms with Crippen LogP contribution in [0.25, 0.3) is 16.7 Å². The van der Waals surface area contributed by atoms with Crippen LogP contribution >= 0.6 is 0 Å². The van der Waals surface area contributed by atoms with E-state index in [0.29, 0.717) is 33.5 Å². The van der Waals surface area contributed by atoms with Crippen molar-refractivity contribution >= 4 is 34.1 Å². The molecule has 0 spiro atoms. The standard InChI is InChI=1S/C22H18N8O2/c1-13(2)29-11-17(16-10-24-12-26-21(16)29)20(31)14-6-15(9-23-8-14)27-22(32)18-7-19-25-4-3-5-30(19)28-18/h3-13H,1-2H3,(H,27,32). The molecule has 0 aromatic carbocycles. The van der Waals surface area contributed by atoms with Gasteiger partial charge in [-0.3, -0.25) is 14.6 Å². The predicted molar refractivity (Wildman–Crippen MR) is 117 cm³/mol. The van der Waals surface area contributed by atoms with Crippen LogP contribution in [0.2, 0.25) is 0 Å². The predicted octanol–water partition coefficient (Wildman–Crippen LogP) is 2.93. The van der Waals surface area contributed by atoms with Gasteiger partial charge in [-0.1, -0.05) is 0 Å². The smallest absolute Gasteiger partial charge is 0.276 e. The van der Waals surface area contributed by atoms with Crippen LogP contribution in [0.15, 0.2) is 61.7 Å². The summed E-state index contributed by atoms with van der Waals surface area (Å²) in [6, 6.07) is 5.02. The van der Waals surface area contributed by atoms with Crippen LogP contribution in [0.4, 0.5) is 5.69 Å². The van der Waals surface area contributed by atoms with Crippen molar-refractivity contribution < 1.29 is 9.59 Å². The van der Waals surface area contributed by atoms with Gasteiger partial charge in [0.05, 0.1) is 17.4 Å². The molecule has 5 aromatic rings. The van der Waals surface area contributed by atoms with Crippen molar-refractivity contribution in [1.29, 1.82) is 0 Å². The molecule has 0 aliphatic rings. The zero-order valence-electron chi connectivity index (χ0n) is 17.3. The molecule has 0 radical (unpaired) electrons. The largest absolute Gasteiger partial charge is 0.329 e. The summed E-state index contributed by atoms with van der Waals surface area (Å²) in [6.45, 7) is 4.03. The maximum absolute atomic E-state index is 13.3. The van der Waals surface area contributed by atoms with Gasteiger partial charge in [0.1, 0.15) is 12.0 Å². The van der Waals surface area contributed by atoms with Crippen LogP contribution in [0.5, 0.6) is 0 Å². The van der Waals surface area contributed by atoms with Crippen molar-refractivity contribution in [3.63, 3.8) is 0 Å². The lowest BCUT2D eigenvalue weighted by molar-refractivity contribution is 0.101. The minimum Gasteiger partial charge on any atom is -0.329 e. The molecule has 5 rings (SSSR count). The summed E-state index contributed by atoms with van der Waals surface area (Å²) in [7, 11) is 0. The average Bonchev–Trinajstić information content (AvgIpc) is 3.41. The third-order valence-corrected chi connectivity index (χ3v) is 5.02. The molecule has 158 valence electrons. The van der Waals surface area contributed by atoms with Crippen molar-refractivity contribution in [3.8, 4) is 0 Å². The van der Waals surface area contributed by atoms with Crippen molar-refractivity contribution in [2.45, 2.75) is 19.9 Å². The van der Waals surface area contributed by atoms with Gasteiger partial charge in [-0.15, -0.1) is 0 Å². The number of nitrogens with one attached hydrogen (secondary N) is 1. The Bertz CT molecular complexity index is 1450. The molecule has 10 nitrogen and oxygen atoms in total. The SMILES string of the molecule is CC(C)n1cc(C(=O)c2cncc(NC(=O)c3cc4ncccn4n3)c2)c2cncnc21. The van der Waals surface area contributed by atoms with Crippen LogP contribution in [0, 0.1) is 0 Å². The van der Waals surface area contributed by atoms with E-state index in [4.69, 9.17) is 0 Å². The molecule has 1 amide bonds. The number of hydrogen-bond donors (Lipinski definition) is 1. The number of ketones is 1. The lowest BCUT2D eigenvalue weighted by Gasteiger charge is -2.07. The Morgan fingerprint density at radius 1 is 1.06 bits per heavy atom. The van der Waals surface area contributed by atoms with Gasteiger partial charge in [0, 0.05) is 54.0 Å². The van der Waals surface area contributed by atoms with Gasteiger partial charge in [-0.05, 0) is 26.0 Å². The molecule has 1 N–H and O–H groups in total. The maximum Gasteiger partial charge on any atom is 0.276 e. The van der Waals surface area contributed by atoms with E-state index >= 15 is 0 Å². The Hall–Kier alpha value is -4.47. The summed E-state index contributed by atoms with van der Waals surface area (Å²) >= 11 is 0. The molecule has 0 fully saturated rings. The van der Waals surface area contributed by atoms with Crippen LogP contribution in [0.1, 0.15) is 46.3 Å². The molecule has 0 aliphatic carbocycles. The normalized spacial score (nSPS) is 11.3. The number of carbonyl (C=O) groups excluding carboxylic acids is 2. The lowest BCUT2D eigenvalue weighted by atomic mass is 10.1. The molecular weight excluding hydrogens is 408 g/mol. The number of hydrogen-bond acceptors (Lipinski definition) is 7. The summed E-state index contributed by atoms with van der Waals surface area (Å²) in [5, 5.41) is 7.61. The van der Waals surface area contributed by atoms with Crippen LogP contribution < -0.4 is 5.32 Å². The fourth-order valence-corrected chi connectivity index (χ4v) is 3.49. The van der Waals surface area contributed by atoms with Gasteiger partial charge < -0.3 is 9.88 Å². The number of rotatable bonds is 5. The number of nitrogens with zero attached hydrogens (tertiary/aromatic N) is 7. The zero-order valence-corrected chi connectivity index (χ0v) is 17.3. The monoisotopic (exact) mass is 426 g/mol. The summed E-state index contributed by atoms with van der Waals surface area (Å²) in [5.74, 6) is -0.656. The quantitative estimate of drug-likeness (QED) is 0.429. The lowest BCUT2D eigenvalue weighted by Crippen LogP contribution is -2.13. The average molecular weight is 426 g/mol. The maximum atomic E-state index is 13.3. The van der Waals surface area contributed by atoms with E-state index in [-0.39, 0.29) is 17.5 Å². The molecule has 5 aromatic heterocycles. The second kappa shape index (κ2) is 7.65. The van der Waals surface area contributed by atoms with E-state index in [1.165, 1.54) is 23.2 Å². The van der Waals surface area contributed by atoms with Crippen molar-refractivity contribution in [2.24, 2.45) is 0 Å². The number of fused-ring (bicyclic) bond motifs is 2. The molecular formula is C22H18N8O2. The van der Waals surface area contributed by atoms with Gasteiger partial charge in [0.25, 0.3) is 5.91 Å². The molecule has 10 heteroatoms. The van der Waals surface area contributed by atoms with E-state index < -0.39 is 5.91 Å². The van der Waals surface area contributed by atoms with Crippen molar-refractivity contribution in [3.05, 3.63) is 78.5 Å². The fraction of sp³-hybridized carbons (Fsp3) is 0.136. The molecule has 0 atom stereocenters.